The molecule has 0 radical (unpaired) electrons. The van der Waals surface area contributed by atoms with Crippen LogP contribution in [0.5, 0.6) is 5.75 Å². The van der Waals surface area contributed by atoms with Crippen LogP contribution in [-0.2, 0) is 0 Å². The maximum Gasteiger partial charge on any atom is 0.168 e. The molecule has 0 aliphatic rings. The average molecular weight is 231 g/mol. The Morgan fingerprint density at radius 3 is 2.67 bits per heavy atom. The van der Waals surface area contributed by atoms with Crippen molar-refractivity contribution < 1.29 is 13.5 Å². The van der Waals surface area contributed by atoms with E-state index in [2.05, 4.69) is 0 Å². The van der Waals surface area contributed by atoms with Crippen LogP contribution < -0.4 is 10.5 Å². The third-order valence-electron chi connectivity index (χ3n) is 1.85. The second-order valence-electron chi connectivity index (χ2n) is 2.99. The van der Waals surface area contributed by atoms with Gasteiger partial charge >= 0.3 is 0 Å². The van der Waals surface area contributed by atoms with Crippen LogP contribution in [0, 0.1) is 11.6 Å². The molecule has 0 aliphatic heterocycles. The van der Waals surface area contributed by atoms with E-state index >= 15 is 0 Å². The van der Waals surface area contributed by atoms with Gasteiger partial charge in [-0.1, -0.05) is 19.1 Å². The summed E-state index contributed by atoms with van der Waals surface area (Å²) in [5.41, 5.74) is 5.38. The van der Waals surface area contributed by atoms with Crippen molar-refractivity contribution in [2.24, 2.45) is 5.73 Å². The van der Waals surface area contributed by atoms with Crippen molar-refractivity contribution in [3.63, 3.8) is 0 Å². The van der Waals surface area contributed by atoms with Gasteiger partial charge in [0.1, 0.15) is 16.9 Å². The van der Waals surface area contributed by atoms with Crippen LogP contribution in [0.3, 0.4) is 0 Å². The summed E-state index contributed by atoms with van der Waals surface area (Å²) in [4.78, 5) is 0.154. The van der Waals surface area contributed by atoms with E-state index in [1.807, 2.05) is 6.92 Å². The zero-order valence-corrected chi connectivity index (χ0v) is 8.98. The zero-order chi connectivity index (χ0) is 11.4. The van der Waals surface area contributed by atoms with Crippen molar-refractivity contribution in [1.29, 1.82) is 0 Å². The average Bonchev–Trinajstić information content (AvgIpc) is 2.16. The molecule has 5 heteroatoms. The van der Waals surface area contributed by atoms with E-state index in [0.29, 0.717) is 6.42 Å². The van der Waals surface area contributed by atoms with Crippen molar-refractivity contribution in [1.82, 2.24) is 0 Å². The molecule has 1 aromatic rings. The number of hydrogen-bond donors (Lipinski definition) is 1. The second kappa shape index (κ2) is 5.02. The molecule has 0 aromatic heterocycles. The summed E-state index contributed by atoms with van der Waals surface area (Å²) in [6.07, 6.45) is 0.00607. The fraction of sp³-hybridized carbons (Fsp3) is 0.300. The molecule has 0 heterocycles. The van der Waals surface area contributed by atoms with Crippen LogP contribution in [0.2, 0.25) is 0 Å². The van der Waals surface area contributed by atoms with Gasteiger partial charge in [0, 0.05) is 6.07 Å². The Bertz CT molecular complexity index is 370. The normalized spacial score (nSPS) is 12.2. The Labute approximate surface area is 92.0 Å². The Morgan fingerprint density at radius 2 is 2.20 bits per heavy atom. The molecule has 2 nitrogen and oxygen atoms in total. The molecule has 1 atom stereocenters. The lowest BCUT2D eigenvalue weighted by atomic mass is 10.2. The number of rotatable bonds is 4. The molecule has 1 aromatic carbocycles. The summed E-state index contributed by atoms with van der Waals surface area (Å²) in [5.74, 6) is -1.45. The minimum absolute atomic E-state index is 0.0453. The largest absolute Gasteiger partial charge is 0.480 e. The van der Waals surface area contributed by atoms with Gasteiger partial charge in [-0.2, -0.15) is 0 Å². The topological polar surface area (TPSA) is 35.2 Å². The van der Waals surface area contributed by atoms with Crippen molar-refractivity contribution in [3.8, 4) is 5.75 Å². The summed E-state index contributed by atoms with van der Waals surface area (Å²) in [5, 5.41) is 0. The van der Waals surface area contributed by atoms with Crippen molar-refractivity contribution in [3.05, 3.63) is 29.8 Å². The van der Waals surface area contributed by atoms with Gasteiger partial charge in [-0.05, 0) is 18.6 Å². The van der Waals surface area contributed by atoms with Gasteiger partial charge in [0.15, 0.2) is 11.6 Å². The number of nitrogens with two attached hydrogens (primary N) is 1. The molecule has 0 amide bonds. The van der Waals surface area contributed by atoms with Crippen molar-refractivity contribution in [2.75, 3.05) is 0 Å². The molecule has 82 valence electrons. The maximum atomic E-state index is 13.2. The summed E-state index contributed by atoms with van der Waals surface area (Å²) in [6, 6.07) is 3.08. The molecule has 0 aliphatic carbocycles. The zero-order valence-electron chi connectivity index (χ0n) is 8.17. The molecule has 0 bridgehead atoms. The maximum absolute atomic E-state index is 13.2. The summed E-state index contributed by atoms with van der Waals surface area (Å²) in [6.45, 7) is 1.81. The summed E-state index contributed by atoms with van der Waals surface area (Å²) < 4.78 is 30.9. The van der Waals surface area contributed by atoms with Gasteiger partial charge in [-0.25, -0.2) is 8.78 Å². The molecule has 2 N–H and O–H groups in total. The highest BCUT2D eigenvalue weighted by Gasteiger charge is 2.14. The van der Waals surface area contributed by atoms with E-state index in [9.17, 15) is 8.78 Å². The van der Waals surface area contributed by atoms with Gasteiger partial charge in [-0.3, -0.25) is 0 Å². The fourth-order valence-corrected chi connectivity index (χ4v) is 1.28. The second-order valence-corrected chi connectivity index (χ2v) is 3.46. The highest BCUT2D eigenvalue weighted by atomic mass is 32.1. The summed E-state index contributed by atoms with van der Waals surface area (Å²) in [7, 11) is 0. The molecule has 1 rings (SSSR count). The lowest BCUT2D eigenvalue weighted by Crippen LogP contribution is -2.31. The van der Waals surface area contributed by atoms with Crippen LogP contribution in [0.1, 0.15) is 13.3 Å². The molecule has 0 fully saturated rings. The number of thiocarbonyl (C=S) groups is 1. The fourth-order valence-electron chi connectivity index (χ4n) is 1.07. The number of halogens is 2. The molecule has 0 spiro atoms. The highest BCUT2D eigenvalue weighted by Crippen LogP contribution is 2.19. The van der Waals surface area contributed by atoms with Crippen LogP contribution in [-0.4, -0.2) is 11.1 Å². The lowest BCUT2D eigenvalue weighted by Gasteiger charge is -2.16. The van der Waals surface area contributed by atoms with Crippen molar-refractivity contribution in [2.45, 2.75) is 19.4 Å². The van der Waals surface area contributed by atoms with Gasteiger partial charge in [0.05, 0.1) is 0 Å². The smallest absolute Gasteiger partial charge is 0.168 e. The first-order valence-electron chi connectivity index (χ1n) is 4.45. The predicted octanol–water partition coefficient (Wildman–Crippen LogP) is 2.41. The van der Waals surface area contributed by atoms with Gasteiger partial charge < -0.3 is 10.5 Å². The third kappa shape index (κ3) is 3.13. The van der Waals surface area contributed by atoms with E-state index in [1.165, 1.54) is 6.07 Å². The summed E-state index contributed by atoms with van der Waals surface area (Å²) >= 11 is 4.74. The number of hydrogen-bond acceptors (Lipinski definition) is 2. The van der Waals surface area contributed by atoms with E-state index in [-0.39, 0.29) is 10.7 Å². The molecule has 0 saturated carbocycles. The Morgan fingerprint density at radius 1 is 1.53 bits per heavy atom. The lowest BCUT2D eigenvalue weighted by molar-refractivity contribution is 0.251. The van der Waals surface area contributed by atoms with Gasteiger partial charge in [0.25, 0.3) is 0 Å². The number of benzene rings is 1. The Hall–Kier alpha value is -1.23. The minimum Gasteiger partial charge on any atom is -0.480 e. The van der Waals surface area contributed by atoms with Crippen LogP contribution in [0.15, 0.2) is 18.2 Å². The standard InChI is InChI=1S/C10H11F2NOS/c1-2-8(10(13)15)14-9-4-3-6(11)5-7(9)12/h3-5,8H,2H2,1H3,(H2,13,15). The Balaban J connectivity index is 2.84. The van der Waals surface area contributed by atoms with Crippen LogP contribution in [0.4, 0.5) is 8.78 Å². The van der Waals surface area contributed by atoms with E-state index in [0.717, 1.165) is 12.1 Å². The van der Waals surface area contributed by atoms with Crippen LogP contribution in [0.25, 0.3) is 0 Å². The van der Waals surface area contributed by atoms with E-state index in [1.54, 1.807) is 0 Å². The third-order valence-corrected chi connectivity index (χ3v) is 2.11. The van der Waals surface area contributed by atoms with Crippen molar-refractivity contribution >= 4 is 17.2 Å². The van der Waals surface area contributed by atoms with E-state index < -0.39 is 17.7 Å². The molecule has 1 unspecified atom stereocenters. The molecule has 15 heavy (non-hydrogen) atoms. The molecular weight excluding hydrogens is 220 g/mol. The molecule has 0 saturated heterocycles. The van der Waals surface area contributed by atoms with E-state index in [4.69, 9.17) is 22.7 Å². The highest BCUT2D eigenvalue weighted by molar-refractivity contribution is 7.80. The molecular formula is C10H11F2NOS. The first kappa shape index (κ1) is 11.8. The van der Waals surface area contributed by atoms with Crippen LogP contribution >= 0.6 is 12.2 Å². The number of ether oxygens (including phenoxy) is 1. The van der Waals surface area contributed by atoms with Gasteiger partial charge in [-0.15, -0.1) is 0 Å². The monoisotopic (exact) mass is 231 g/mol. The van der Waals surface area contributed by atoms with Gasteiger partial charge in [0.2, 0.25) is 0 Å². The SMILES string of the molecule is CCC(Oc1ccc(F)cc1F)C(N)=S. The predicted molar refractivity (Wildman–Crippen MR) is 57.9 cm³/mol. The first-order valence-corrected chi connectivity index (χ1v) is 4.86. The minimum atomic E-state index is -0.760. The first-order chi connectivity index (χ1) is 7.04. The quantitative estimate of drug-likeness (QED) is 0.808. The Kier molecular flexibility index (Phi) is 3.96.